The number of nitrogens with two attached hydrogens (primary N) is 1. The van der Waals surface area contributed by atoms with Crippen molar-refractivity contribution in [3.8, 4) is 0 Å². The molecule has 25 heavy (non-hydrogen) atoms. The summed E-state index contributed by atoms with van der Waals surface area (Å²) in [6.45, 7) is 9.27. The second-order valence-corrected chi connectivity index (χ2v) is 10.2. The number of carbonyl (C=O) groups is 1. The number of nitrogen functional groups attached to an aromatic ring is 1. The number of rotatable bonds is 3. The Morgan fingerprint density at radius 3 is 2.52 bits per heavy atom. The molecule has 1 saturated heterocycles. The van der Waals surface area contributed by atoms with Crippen molar-refractivity contribution in [3.63, 3.8) is 0 Å². The molecule has 2 rings (SSSR count). The van der Waals surface area contributed by atoms with Crippen LogP contribution in [0.5, 0.6) is 0 Å². The minimum absolute atomic E-state index is 0.247. The number of hydrogen-bond acceptors (Lipinski definition) is 5. The van der Waals surface area contributed by atoms with Gasteiger partial charge in [0.15, 0.2) is 9.84 Å². The van der Waals surface area contributed by atoms with E-state index in [0.717, 1.165) is 6.42 Å². The van der Waals surface area contributed by atoms with Gasteiger partial charge in [-0.15, -0.1) is 0 Å². The smallest absolute Gasteiger partial charge is 0.410 e. The molecule has 6 nitrogen and oxygen atoms in total. The molecular formula is C18H28N2O4S. The van der Waals surface area contributed by atoms with Crippen molar-refractivity contribution in [1.29, 1.82) is 0 Å². The number of nitrogens with zero attached hydrogens (tertiary/aromatic N) is 1. The Bertz CT molecular complexity index is 751. The van der Waals surface area contributed by atoms with Gasteiger partial charge in [0.2, 0.25) is 0 Å². The highest BCUT2D eigenvalue weighted by Gasteiger charge is 2.36. The Morgan fingerprint density at radius 1 is 1.32 bits per heavy atom. The van der Waals surface area contributed by atoms with Crippen LogP contribution < -0.4 is 5.73 Å². The van der Waals surface area contributed by atoms with E-state index < -0.39 is 26.8 Å². The lowest BCUT2D eigenvalue weighted by molar-refractivity contribution is 0.0222. The van der Waals surface area contributed by atoms with Crippen molar-refractivity contribution >= 4 is 21.6 Å². The van der Waals surface area contributed by atoms with Crippen LogP contribution in [0, 0.1) is 0 Å². The minimum Gasteiger partial charge on any atom is -0.444 e. The topological polar surface area (TPSA) is 89.7 Å². The number of carbonyl (C=O) groups excluding carboxylic acids is 1. The highest BCUT2D eigenvalue weighted by Crippen LogP contribution is 2.38. The fraction of sp³-hybridized carbons (Fsp3) is 0.611. The summed E-state index contributed by atoms with van der Waals surface area (Å²) in [6, 6.07) is 4.46. The van der Waals surface area contributed by atoms with E-state index in [2.05, 4.69) is 0 Å². The number of anilines is 1. The molecule has 7 heteroatoms. The zero-order valence-corrected chi connectivity index (χ0v) is 16.4. The van der Waals surface area contributed by atoms with Crippen LogP contribution in [0.3, 0.4) is 0 Å². The third-order valence-electron chi connectivity index (χ3n) is 4.20. The first-order chi connectivity index (χ1) is 11.4. The highest BCUT2D eigenvalue weighted by atomic mass is 32.2. The van der Waals surface area contributed by atoms with Crippen LogP contribution in [0.2, 0.25) is 0 Å². The maximum Gasteiger partial charge on any atom is 0.410 e. The molecular weight excluding hydrogens is 340 g/mol. The predicted molar refractivity (Wildman–Crippen MR) is 98.1 cm³/mol. The SMILES string of the molecule is CC(C)S(=O)(=O)c1ccc(N)cc1[C@H]1CCCN1C(=O)OC(C)(C)C. The van der Waals surface area contributed by atoms with E-state index in [1.165, 1.54) is 0 Å². The molecule has 140 valence electrons. The lowest BCUT2D eigenvalue weighted by Gasteiger charge is -2.30. The summed E-state index contributed by atoms with van der Waals surface area (Å²) in [6.07, 6.45) is 1.05. The molecule has 0 unspecified atom stereocenters. The summed E-state index contributed by atoms with van der Waals surface area (Å²) < 4.78 is 31.0. The van der Waals surface area contributed by atoms with E-state index in [4.69, 9.17) is 10.5 Å². The number of benzene rings is 1. The van der Waals surface area contributed by atoms with Crippen LogP contribution in [-0.4, -0.2) is 36.8 Å². The van der Waals surface area contributed by atoms with E-state index in [-0.39, 0.29) is 10.9 Å². The number of amides is 1. The number of sulfone groups is 1. The lowest BCUT2D eigenvalue weighted by atomic mass is 10.0. The van der Waals surface area contributed by atoms with E-state index in [1.807, 2.05) is 20.8 Å². The van der Waals surface area contributed by atoms with E-state index in [0.29, 0.717) is 24.2 Å². The molecule has 0 aromatic heterocycles. The van der Waals surface area contributed by atoms with Gasteiger partial charge in [0.25, 0.3) is 0 Å². The Hall–Kier alpha value is -1.76. The molecule has 1 aromatic rings. The normalized spacial score (nSPS) is 18.6. The van der Waals surface area contributed by atoms with Crippen molar-refractivity contribution in [3.05, 3.63) is 23.8 Å². The van der Waals surface area contributed by atoms with Crippen molar-refractivity contribution < 1.29 is 17.9 Å². The molecule has 0 radical (unpaired) electrons. The molecule has 2 N–H and O–H groups in total. The van der Waals surface area contributed by atoms with Gasteiger partial charge in [-0.3, -0.25) is 0 Å². The van der Waals surface area contributed by atoms with Gasteiger partial charge >= 0.3 is 6.09 Å². The average molecular weight is 368 g/mol. The molecule has 0 spiro atoms. The molecule has 1 fully saturated rings. The summed E-state index contributed by atoms with van der Waals surface area (Å²) in [7, 11) is -3.48. The summed E-state index contributed by atoms with van der Waals surface area (Å²) in [5, 5.41) is -0.550. The lowest BCUT2D eigenvalue weighted by Crippen LogP contribution is -2.37. The van der Waals surface area contributed by atoms with Crippen LogP contribution in [0.25, 0.3) is 0 Å². The maximum atomic E-state index is 12.8. The zero-order valence-electron chi connectivity index (χ0n) is 15.6. The molecule has 1 aliphatic rings. The predicted octanol–water partition coefficient (Wildman–Crippen LogP) is 3.52. The van der Waals surface area contributed by atoms with Crippen LogP contribution >= 0.6 is 0 Å². The molecule has 0 bridgehead atoms. The fourth-order valence-electron chi connectivity index (χ4n) is 2.97. The quantitative estimate of drug-likeness (QED) is 0.825. The van der Waals surface area contributed by atoms with Gasteiger partial charge in [0.1, 0.15) is 5.60 Å². The maximum absolute atomic E-state index is 12.8. The highest BCUT2D eigenvalue weighted by molar-refractivity contribution is 7.92. The van der Waals surface area contributed by atoms with Crippen LogP contribution in [0.15, 0.2) is 23.1 Å². The second kappa shape index (κ2) is 6.86. The standard InChI is InChI=1S/C18H28N2O4S/c1-12(2)25(22,23)16-9-8-13(19)11-14(16)15-7-6-10-20(15)17(21)24-18(3,4)5/h8-9,11-12,15H,6-7,10,19H2,1-5H3/t15-/m1/s1. The van der Waals surface area contributed by atoms with Crippen LogP contribution in [-0.2, 0) is 14.6 Å². The molecule has 1 amide bonds. The first-order valence-corrected chi connectivity index (χ1v) is 10.1. The number of ether oxygens (including phenoxy) is 1. The Kier molecular flexibility index (Phi) is 5.37. The van der Waals surface area contributed by atoms with Gasteiger partial charge in [-0.05, 0) is 71.2 Å². The summed E-state index contributed by atoms with van der Waals surface area (Å²) in [4.78, 5) is 14.4. The minimum atomic E-state index is -3.48. The molecule has 0 saturated carbocycles. The fourth-order valence-corrected chi connectivity index (χ4v) is 4.26. The average Bonchev–Trinajstić information content (AvgIpc) is 2.94. The van der Waals surface area contributed by atoms with Gasteiger partial charge in [0.05, 0.1) is 16.2 Å². The molecule has 0 aliphatic carbocycles. The van der Waals surface area contributed by atoms with Gasteiger partial charge in [-0.1, -0.05) is 0 Å². The van der Waals surface area contributed by atoms with Crippen molar-refractivity contribution in [2.45, 2.75) is 69.2 Å². The first kappa shape index (κ1) is 19.6. The van der Waals surface area contributed by atoms with Gasteiger partial charge in [-0.2, -0.15) is 0 Å². The molecule has 1 aliphatic heterocycles. The van der Waals surface area contributed by atoms with E-state index in [9.17, 15) is 13.2 Å². The summed E-state index contributed by atoms with van der Waals surface area (Å²) >= 11 is 0. The molecule has 1 aromatic carbocycles. The van der Waals surface area contributed by atoms with Gasteiger partial charge in [-0.25, -0.2) is 13.2 Å². The first-order valence-electron chi connectivity index (χ1n) is 8.56. The third-order valence-corrected chi connectivity index (χ3v) is 6.43. The second-order valence-electron chi connectivity index (χ2n) is 7.72. The van der Waals surface area contributed by atoms with Gasteiger partial charge in [0, 0.05) is 12.2 Å². The van der Waals surface area contributed by atoms with Gasteiger partial charge < -0.3 is 15.4 Å². The van der Waals surface area contributed by atoms with Crippen LogP contribution in [0.4, 0.5) is 10.5 Å². The molecule has 1 atom stereocenters. The zero-order chi connectivity index (χ0) is 19.0. The van der Waals surface area contributed by atoms with Crippen LogP contribution in [0.1, 0.15) is 59.1 Å². The van der Waals surface area contributed by atoms with E-state index >= 15 is 0 Å². The largest absolute Gasteiger partial charge is 0.444 e. The van der Waals surface area contributed by atoms with Crippen molar-refractivity contribution in [2.24, 2.45) is 0 Å². The Morgan fingerprint density at radius 2 is 1.96 bits per heavy atom. The number of hydrogen-bond donors (Lipinski definition) is 1. The van der Waals surface area contributed by atoms with E-state index in [1.54, 1.807) is 36.9 Å². The van der Waals surface area contributed by atoms with Crippen molar-refractivity contribution in [1.82, 2.24) is 4.90 Å². The summed E-state index contributed by atoms with van der Waals surface area (Å²) in [5.74, 6) is 0. The Labute approximate surface area is 150 Å². The number of likely N-dealkylation sites (tertiary alicyclic amines) is 1. The van der Waals surface area contributed by atoms with Crippen molar-refractivity contribution in [2.75, 3.05) is 12.3 Å². The third kappa shape index (κ3) is 4.26. The molecule has 1 heterocycles. The monoisotopic (exact) mass is 368 g/mol. The summed E-state index contributed by atoms with van der Waals surface area (Å²) in [5.41, 5.74) is 6.36. The Balaban J connectivity index is 2.46.